The van der Waals surface area contributed by atoms with Crippen LogP contribution < -0.4 is 10.9 Å². The molecule has 0 aliphatic carbocycles. The maximum absolute atomic E-state index is 11.1. The summed E-state index contributed by atoms with van der Waals surface area (Å²) in [4.78, 5) is 25.1. The number of aromatic nitrogens is 1. The van der Waals surface area contributed by atoms with E-state index in [-0.39, 0.29) is 26.6 Å². The van der Waals surface area contributed by atoms with Crippen molar-refractivity contribution >= 4 is 52.5 Å². The van der Waals surface area contributed by atoms with E-state index < -0.39 is 18.3 Å². The van der Waals surface area contributed by atoms with Crippen LogP contribution in [0.3, 0.4) is 0 Å². The van der Waals surface area contributed by atoms with Crippen molar-refractivity contribution < 1.29 is 14.7 Å². The highest BCUT2D eigenvalue weighted by Crippen LogP contribution is 2.34. The Morgan fingerprint density at radius 1 is 1.32 bits per heavy atom. The van der Waals surface area contributed by atoms with E-state index in [4.69, 9.17) is 45.2 Å². The molecular weight excluding hydrogens is 318 g/mol. The average molecular weight is 324 g/mol. The van der Waals surface area contributed by atoms with Crippen molar-refractivity contribution in [3.8, 4) is 6.07 Å². The molecule has 1 aromatic heterocycles. The molecule has 0 spiro atoms. The monoisotopic (exact) mass is 322 g/mol. The van der Waals surface area contributed by atoms with Crippen LogP contribution in [0, 0.1) is 11.3 Å². The number of nitriles is 1. The first kappa shape index (κ1) is 15.3. The van der Waals surface area contributed by atoms with Crippen LogP contribution in [0.25, 0.3) is 0 Å². The Morgan fingerprint density at radius 2 is 1.95 bits per heavy atom. The van der Waals surface area contributed by atoms with Gasteiger partial charge < -0.3 is 5.11 Å². The molecule has 0 fully saturated rings. The predicted molar refractivity (Wildman–Crippen MR) is 68.0 cm³/mol. The van der Waals surface area contributed by atoms with Gasteiger partial charge in [0.05, 0.1) is 5.02 Å². The van der Waals surface area contributed by atoms with Crippen molar-refractivity contribution in [2.45, 2.75) is 6.42 Å². The number of carbonyl (C=O) groups is 2. The summed E-state index contributed by atoms with van der Waals surface area (Å²) in [6.07, 6.45) is -0.734. The number of rotatable bonds is 4. The van der Waals surface area contributed by atoms with Gasteiger partial charge in [0.2, 0.25) is 5.91 Å². The van der Waals surface area contributed by atoms with E-state index in [1.165, 1.54) is 0 Å². The first-order valence-electron chi connectivity index (χ1n) is 4.58. The van der Waals surface area contributed by atoms with Crippen molar-refractivity contribution in [1.82, 2.24) is 10.4 Å². The second-order valence-electron chi connectivity index (χ2n) is 3.11. The van der Waals surface area contributed by atoms with E-state index in [9.17, 15) is 9.59 Å². The van der Waals surface area contributed by atoms with Crippen LogP contribution in [0.4, 0.5) is 5.82 Å². The second kappa shape index (κ2) is 6.43. The van der Waals surface area contributed by atoms with E-state index >= 15 is 0 Å². The standard InChI is InChI=1S/C9H5Cl3N4O3/c10-6-3(2-13)8(12)14-9(7(6)11)16-15-4(17)1-5(18)19/h1H2,(H,14,16)(H,15,17)(H,18,19). The molecule has 10 heteroatoms. The number of halogens is 3. The summed E-state index contributed by atoms with van der Waals surface area (Å²) in [5, 5.41) is 16.7. The largest absolute Gasteiger partial charge is 0.481 e. The van der Waals surface area contributed by atoms with Gasteiger partial charge in [0, 0.05) is 0 Å². The Hall–Kier alpha value is -1.75. The molecule has 7 nitrogen and oxygen atoms in total. The summed E-state index contributed by atoms with van der Waals surface area (Å²) in [6, 6.07) is 1.72. The number of anilines is 1. The molecule has 0 atom stereocenters. The molecule has 3 N–H and O–H groups in total. The number of hydrogen-bond acceptors (Lipinski definition) is 5. The number of carboxylic acid groups (broad SMARTS) is 1. The molecule has 0 saturated heterocycles. The minimum Gasteiger partial charge on any atom is -0.481 e. The fraction of sp³-hybridized carbons (Fsp3) is 0.111. The van der Waals surface area contributed by atoms with E-state index in [2.05, 4.69) is 10.4 Å². The molecule has 1 rings (SSSR count). The number of carboxylic acids is 1. The summed E-state index contributed by atoms with van der Waals surface area (Å²) >= 11 is 17.3. The van der Waals surface area contributed by atoms with Crippen LogP contribution in [-0.2, 0) is 9.59 Å². The molecule has 0 aliphatic heterocycles. The number of carbonyl (C=O) groups excluding carboxylic acids is 1. The minimum atomic E-state index is -1.30. The molecule has 0 aromatic carbocycles. The van der Waals surface area contributed by atoms with Crippen LogP contribution in [-0.4, -0.2) is 22.0 Å². The maximum Gasteiger partial charge on any atom is 0.312 e. The Bertz CT molecular complexity index is 585. The number of hydrazine groups is 1. The lowest BCUT2D eigenvalue weighted by atomic mass is 10.3. The number of amides is 1. The summed E-state index contributed by atoms with van der Waals surface area (Å²) in [7, 11) is 0. The Morgan fingerprint density at radius 3 is 2.47 bits per heavy atom. The van der Waals surface area contributed by atoms with Crippen LogP contribution in [0.2, 0.25) is 15.2 Å². The first-order valence-corrected chi connectivity index (χ1v) is 5.71. The molecule has 0 bridgehead atoms. The number of hydrogen-bond donors (Lipinski definition) is 3. The molecule has 19 heavy (non-hydrogen) atoms. The first-order chi connectivity index (χ1) is 8.86. The summed E-state index contributed by atoms with van der Waals surface area (Å²) in [5.74, 6) is -2.22. The lowest BCUT2D eigenvalue weighted by molar-refractivity contribution is -0.140. The summed E-state index contributed by atoms with van der Waals surface area (Å²) < 4.78 is 0. The molecule has 0 unspecified atom stereocenters. The topological polar surface area (TPSA) is 115 Å². The zero-order valence-corrected chi connectivity index (χ0v) is 11.3. The second-order valence-corrected chi connectivity index (χ2v) is 4.22. The van der Waals surface area contributed by atoms with Crippen LogP contribution in [0.1, 0.15) is 12.0 Å². The molecular formula is C9H5Cl3N4O3. The third-order valence-corrected chi connectivity index (χ3v) is 2.90. The summed E-state index contributed by atoms with van der Waals surface area (Å²) in [5.41, 5.74) is 4.21. The SMILES string of the molecule is N#Cc1c(Cl)nc(NNC(=O)CC(=O)O)c(Cl)c1Cl. The molecule has 100 valence electrons. The average Bonchev–Trinajstić information content (AvgIpc) is 2.32. The van der Waals surface area contributed by atoms with Gasteiger partial charge in [0.1, 0.15) is 23.1 Å². The summed E-state index contributed by atoms with van der Waals surface area (Å²) in [6.45, 7) is 0. The quantitative estimate of drug-likeness (QED) is 0.442. The van der Waals surface area contributed by atoms with Crippen LogP contribution in [0.5, 0.6) is 0 Å². The van der Waals surface area contributed by atoms with Gasteiger partial charge >= 0.3 is 5.97 Å². The lowest BCUT2D eigenvalue weighted by Gasteiger charge is -2.10. The van der Waals surface area contributed by atoms with Crippen molar-refractivity contribution in [2.24, 2.45) is 0 Å². The highest BCUT2D eigenvalue weighted by molar-refractivity contribution is 6.45. The Kier molecular flexibility index (Phi) is 5.18. The molecule has 0 aliphatic rings. The molecule has 0 saturated carbocycles. The van der Waals surface area contributed by atoms with Crippen LogP contribution >= 0.6 is 34.8 Å². The van der Waals surface area contributed by atoms with Crippen molar-refractivity contribution in [3.05, 3.63) is 20.8 Å². The van der Waals surface area contributed by atoms with E-state index in [0.29, 0.717) is 0 Å². The third kappa shape index (κ3) is 3.86. The maximum atomic E-state index is 11.1. The van der Waals surface area contributed by atoms with Gasteiger partial charge in [0.25, 0.3) is 0 Å². The van der Waals surface area contributed by atoms with Gasteiger partial charge in [-0.3, -0.25) is 20.4 Å². The van der Waals surface area contributed by atoms with Gasteiger partial charge in [0.15, 0.2) is 11.0 Å². The highest BCUT2D eigenvalue weighted by atomic mass is 35.5. The molecule has 1 amide bonds. The number of pyridine rings is 1. The van der Waals surface area contributed by atoms with Crippen LogP contribution in [0.15, 0.2) is 0 Å². The van der Waals surface area contributed by atoms with E-state index in [0.717, 1.165) is 0 Å². The van der Waals surface area contributed by atoms with Gasteiger partial charge in [-0.05, 0) is 0 Å². The van der Waals surface area contributed by atoms with Gasteiger partial charge in [-0.2, -0.15) is 5.26 Å². The zero-order chi connectivity index (χ0) is 14.6. The predicted octanol–water partition coefficient (Wildman–Crippen LogP) is 1.83. The van der Waals surface area contributed by atoms with Crippen molar-refractivity contribution in [2.75, 3.05) is 5.43 Å². The fourth-order valence-electron chi connectivity index (χ4n) is 0.996. The van der Waals surface area contributed by atoms with Crippen molar-refractivity contribution in [1.29, 1.82) is 5.26 Å². The van der Waals surface area contributed by atoms with Gasteiger partial charge in [-0.1, -0.05) is 34.8 Å². The minimum absolute atomic E-state index is 0.101. The molecule has 0 radical (unpaired) electrons. The Balaban J connectivity index is 2.89. The zero-order valence-electron chi connectivity index (χ0n) is 9.00. The molecule has 1 aromatic rings. The molecule has 1 heterocycles. The normalized spacial score (nSPS) is 9.58. The van der Waals surface area contributed by atoms with Gasteiger partial charge in [-0.15, -0.1) is 0 Å². The fourth-order valence-corrected chi connectivity index (χ4v) is 1.67. The number of nitrogens with one attached hydrogen (secondary N) is 2. The van der Waals surface area contributed by atoms with Crippen molar-refractivity contribution in [3.63, 3.8) is 0 Å². The third-order valence-electron chi connectivity index (χ3n) is 1.78. The highest BCUT2D eigenvalue weighted by Gasteiger charge is 2.17. The Labute approximate surface area is 122 Å². The van der Waals surface area contributed by atoms with E-state index in [1.807, 2.05) is 5.43 Å². The number of nitrogens with zero attached hydrogens (tertiary/aromatic N) is 2. The van der Waals surface area contributed by atoms with Gasteiger partial charge in [-0.25, -0.2) is 4.98 Å². The van der Waals surface area contributed by atoms with E-state index in [1.54, 1.807) is 6.07 Å². The number of aliphatic carboxylic acids is 1. The lowest BCUT2D eigenvalue weighted by Crippen LogP contribution is -2.31. The smallest absolute Gasteiger partial charge is 0.312 e.